The molecule has 0 radical (unpaired) electrons. The standard InChI is InChI=1S/C4H5ClN2O/c1-7-3(5)2-6-4(7)8/h2H,1H3,(H,6,8). The minimum atomic E-state index is -0.185. The summed E-state index contributed by atoms with van der Waals surface area (Å²) in [6, 6.07) is 0. The summed E-state index contributed by atoms with van der Waals surface area (Å²) in [5.74, 6) is 0. The molecule has 0 aliphatic carbocycles. The molecule has 0 saturated carbocycles. The molecule has 1 N–H and O–H groups in total. The van der Waals surface area contributed by atoms with Gasteiger partial charge in [-0.05, 0) is 0 Å². The van der Waals surface area contributed by atoms with Crippen molar-refractivity contribution in [2.75, 3.05) is 0 Å². The van der Waals surface area contributed by atoms with Gasteiger partial charge in [-0.25, -0.2) is 4.79 Å². The van der Waals surface area contributed by atoms with Crippen LogP contribution in [0.1, 0.15) is 0 Å². The van der Waals surface area contributed by atoms with Crippen LogP contribution in [0.2, 0.25) is 5.15 Å². The first-order valence-corrected chi connectivity index (χ1v) is 2.49. The van der Waals surface area contributed by atoms with E-state index < -0.39 is 0 Å². The first kappa shape index (κ1) is 5.44. The highest BCUT2D eigenvalue weighted by Gasteiger charge is 1.93. The number of nitrogens with zero attached hydrogens (tertiary/aromatic N) is 1. The largest absolute Gasteiger partial charge is 0.326 e. The number of H-pyrrole nitrogens is 1. The summed E-state index contributed by atoms with van der Waals surface area (Å²) in [5, 5.41) is 0.426. The van der Waals surface area contributed by atoms with E-state index >= 15 is 0 Å². The molecule has 1 aromatic heterocycles. The van der Waals surface area contributed by atoms with E-state index in [9.17, 15) is 4.79 Å². The number of nitrogens with one attached hydrogen (secondary N) is 1. The number of aromatic nitrogens is 2. The predicted molar refractivity (Wildman–Crippen MR) is 31.0 cm³/mol. The minimum Gasteiger partial charge on any atom is -0.311 e. The second-order valence-corrected chi connectivity index (χ2v) is 1.86. The summed E-state index contributed by atoms with van der Waals surface area (Å²) in [5.41, 5.74) is -0.185. The Bertz CT molecular complexity index is 236. The Morgan fingerprint density at radius 3 is 2.62 bits per heavy atom. The van der Waals surface area contributed by atoms with E-state index in [-0.39, 0.29) is 5.69 Å². The Morgan fingerprint density at radius 2 is 2.50 bits per heavy atom. The van der Waals surface area contributed by atoms with Crippen LogP contribution in [0.15, 0.2) is 11.0 Å². The summed E-state index contributed by atoms with van der Waals surface area (Å²) in [7, 11) is 1.60. The molecule has 4 heteroatoms. The van der Waals surface area contributed by atoms with Crippen LogP contribution in [-0.4, -0.2) is 9.55 Å². The number of aromatic amines is 1. The summed E-state index contributed by atoms with van der Waals surface area (Å²) < 4.78 is 1.32. The van der Waals surface area contributed by atoms with Gasteiger partial charge in [0.2, 0.25) is 0 Å². The Kier molecular flexibility index (Phi) is 1.13. The fraction of sp³-hybridized carbons (Fsp3) is 0.250. The van der Waals surface area contributed by atoms with E-state index in [2.05, 4.69) is 4.98 Å². The SMILES string of the molecule is Cn1c(Cl)c[nH]c1=O. The van der Waals surface area contributed by atoms with E-state index in [0.717, 1.165) is 0 Å². The third kappa shape index (κ3) is 0.648. The second-order valence-electron chi connectivity index (χ2n) is 1.48. The highest BCUT2D eigenvalue weighted by atomic mass is 35.5. The van der Waals surface area contributed by atoms with Crippen LogP contribution in [0.4, 0.5) is 0 Å². The second kappa shape index (κ2) is 1.67. The molecule has 1 rings (SSSR count). The van der Waals surface area contributed by atoms with Crippen LogP contribution in [0.5, 0.6) is 0 Å². The lowest BCUT2D eigenvalue weighted by Crippen LogP contribution is -2.11. The van der Waals surface area contributed by atoms with Gasteiger partial charge in [-0.3, -0.25) is 4.57 Å². The summed E-state index contributed by atoms with van der Waals surface area (Å²) in [4.78, 5) is 12.9. The molecular formula is C4H5ClN2O. The Labute approximate surface area is 50.9 Å². The summed E-state index contributed by atoms with van der Waals surface area (Å²) in [6.45, 7) is 0. The molecule has 0 atom stereocenters. The van der Waals surface area contributed by atoms with E-state index in [4.69, 9.17) is 11.6 Å². The van der Waals surface area contributed by atoms with Crippen LogP contribution in [-0.2, 0) is 7.05 Å². The fourth-order valence-electron chi connectivity index (χ4n) is 0.412. The van der Waals surface area contributed by atoms with Crippen LogP contribution >= 0.6 is 11.6 Å². The maximum atomic E-state index is 10.5. The third-order valence-corrected chi connectivity index (χ3v) is 1.30. The van der Waals surface area contributed by atoms with Gasteiger partial charge in [0.05, 0.1) is 0 Å². The van der Waals surface area contributed by atoms with Crippen molar-refractivity contribution in [1.82, 2.24) is 9.55 Å². The molecule has 0 unspecified atom stereocenters. The maximum Gasteiger partial charge on any atom is 0.326 e. The van der Waals surface area contributed by atoms with Crippen molar-refractivity contribution < 1.29 is 0 Å². The minimum absolute atomic E-state index is 0.185. The quantitative estimate of drug-likeness (QED) is 0.544. The molecule has 0 aromatic carbocycles. The first-order valence-electron chi connectivity index (χ1n) is 2.11. The van der Waals surface area contributed by atoms with E-state index in [1.54, 1.807) is 7.05 Å². The molecule has 0 bridgehead atoms. The fourth-order valence-corrected chi connectivity index (χ4v) is 0.543. The molecule has 1 heterocycles. The zero-order chi connectivity index (χ0) is 6.15. The average Bonchev–Trinajstić information content (AvgIpc) is 1.98. The Balaban J connectivity index is 3.41. The average molecular weight is 133 g/mol. The molecular weight excluding hydrogens is 128 g/mol. The number of halogens is 1. The van der Waals surface area contributed by atoms with Gasteiger partial charge in [-0.15, -0.1) is 0 Å². The van der Waals surface area contributed by atoms with Gasteiger partial charge in [0, 0.05) is 13.2 Å². The van der Waals surface area contributed by atoms with Crippen LogP contribution in [0, 0.1) is 0 Å². The van der Waals surface area contributed by atoms with Gasteiger partial charge in [0.25, 0.3) is 0 Å². The molecule has 0 aliphatic rings. The molecule has 3 nitrogen and oxygen atoms in total. The lowest BCUT2D eigenvalue weighted by atomic mass is 10.9. The lowest BCUT2D eigenvalue weighted by molar-refractivity contribution is 0.863. The molecule has 0 fully saturated rings. The van der Waals surface area contributed by atoms with Gasteiger partial charge in [0.1, 0.15) is 5.15 Å². The van der Waals surface area contributed by atoms with Crippen molar-refractivity contribution in [2.24, 2.45) is 7.05 Å². The molecule has 0 spiro atoms. The monoisotopic (exact) mass is 132 g/mol. The summed E-state index contributed by atoms with van der Waals surface area (Å²) in [6.07, 6.45) is 1.45. The Hall–Kier alpha value is -0.700. The van der Waals surface area contributed by atoms with Crippen molar-refractivity contribution in [1.29, 1.82) is 0 Å². The summed E-state index contributed by atoms with van der Waals surface area (Å²) >= 11 is 5.46. The van der Waals surface area contributed by atoms with Crippen LogP contribution in [0.25, 0.3) is 0 Å². The van der Waals surface area contributed by atoms with Crippen molar-refractivity contribution in [3.05, 3.63) is 21.8 Å². The van der Waals surface area contributed by atoms with Gasteiger partial charge in [0.15, 0.2) is 0 Å². The Morgan fingerprint density at radius 1 is 1.88 bits per heavy atom. The third-order valence-electron chi connectivity index (χ3n) is 0.940. The molecule has 0 aliphatic heterocycles. The van der Waals surface area contributed by atoms with Gasteiger partial charge < -0.3 is 4.98 Å². The zero-order valence-electron chi connectivity index (χ0n) is 4.31. The van der Waals surface area contributed by atoms with Crippen molar-refractivity contribution >= 4 is 11.6 Å². The molecule has 0 amide bonds. The highest BCUT2D eigenvalue weighted by molar-refractivity contribution is 6.29. The lowest BCUT2D eigenvalue weighted by Gasteiger charge is -1.83. The molecule has 8 heavy (non-hydrogen) atoms. The van der Waals surface area contributed by atoms with E-state index in [0.29, 0.717) is 5.15 Å². The highest BCUT2D eigenvalue weighted by Crippen LogP contribution is 1.98. The van der Waals surface area contributed by atoms with Crippen LogP contribution in [0.3, 0.4) is 0 Å². The topological polar surface area (TPSA) is 37.8 Å². The first-order chi connectivity index (χ1) is 3.72. The number of hydrogen-bond acceptors (Lipinski definition) is 1. The smallest absolute Gasteiger partial charge is 0.311 e. The van der Waals surface area contributed by atoms with E-state index in [1.165, 1.54) is 10.8 Å². The molecule has 1 aromatic rings. The zero-order valence-corrected chi connectivity index (χ0v) is 5.07. The van der Waals surface area contributed by atoms with Gasteiger partial charge in [-0.1, -0.05) is 11.6 Å². The number of hydrogen-bond donors (Lipinski definition) is 1. The number of rotatable bonds is 0. The van der Waals surface area contributed by atoms with Gasteiger partial charge in [-0.2, -0.15) is 0 Å². The van der Waals surface area contributed by atoms with Crippen molar-refractivity contribution in [2.45, 2.75) is 0 Å². The number of imidazole rings is 1. The van der Waals surface area contributed by atoms with Crippen molar-refractivity contribution in [3.63, 3.8) is 0 Å². The molecule has 0 saturated heterocycles. The molecule has 44 valence electrons. The normalized spacial score (nSPS) is 9.75. The van der Waals surface area contributed by atoms with Gasteiger partial charge >= 0.3 is 5.69 Å². The van der Waals surface area contributed by atoms with Crippen molar-refractivity contribution in [3.8, 4) is 0 Å². The van der Waals surface area contributed by atoms with E-state index in [1.807, 2.05) is 0 Å². The maximum absolute atomic E-state index is 10.5. The predicted octanol–water partition coefficient (Wildman–Crippen LogP) is 0.367. The van der Waals surface area contributed by atoms with Crippen LogP contribution < -0.4 is 5.69 Å².